The van der Waals surface area contributed by atoms with E-state index in [-0.39, 0.29) is 17.3 Å². The Morgan fingerprint density at radius 2 is 2.29 bits per heavy atom. The van der Waals surface area contributed by atoms with Gasteiger partial charge in [0.1, 0.15) is 17.3 Å². The second-order valence-corrected chi connectivity index (χ2v) is 5.11. The third-order valence-electron chi connectivity index (χ3n) is 2.75. The fourth-order valence-electron chi connectivity index (χ4n) is 1.71. The number of terminal acetylenes is 1. The summed E-state index contributed by atoms with van der Waals surface area (Å²) in [6.07, 6.45) is 7.97. The highest BCUT2D eigenvalue weighted by molar-refractivity contribution is 6.33. The van der Waals surface area contributed by atoms with Crippen LogP contribution in [0.15, 0.2) is 28.2 Å². The number of methoxy groups -OCH3 is 1. The van der Waals surface area contributed by atoms with Crippen LogP contribution in [0.4, 0.5) is 5.69 Å². The number of nitrogens with one attached hydrogen (secondary N) is 2. The number of hydrogen-bond acceptors (Lipinski definition) is 6. The minimum absolute atomic E-state index is 0.0456. The van der Waals surface area contributed by atoms with Crippen LogP contribution in [0.3, 0.4) is 0 Å². The monoisotopic (exact) mass is 366 g/mol. The summed E-state index contributed by atoms with van der Waals surface area (Å²) in [5, 5.41) is 10.1. The Hall–Kier alpha value is -2.69. The van der Waals surface area contributed by atoms with Gasteiger partial charge in [0.05, 0.1) is 24.5 Å². The van der Waals surface area contributed by atoms with Crippen molar-refractivity contribution in [3.05, 3.63) is 44.3 Å². The van der Waals surface area contributed by atoms with E-state index in [1.807, 2.05) is 0 Å². The van der Waals surface area contributed by atoms with Crippen molar-refractivity contribution in [2.45, 2.75) is 0 Å². The van der Waals surface area contributed by atoms with Gasteiger partial charge in [-0.3, -0.25) is 10.2 Å². The van der Waals surface area contributed by atoms with E-state index in [4.69, 9.17) is 39.1 Å². The van der Waals surface area contributed by atoms with Gasteiger partial charge in [-0.15, -0.1) is 6.42 Å². The van der Waals surface area contributed by atoms with Crippen molar-refractivity contribution >= 4 is 35.1 Å². The Morgan fingerprint density at radius 3 is 3.00 bits per heavy atom. The largest absolute Gasteiger partial charge is 0.493 e. The van der Waals surface area contributed by atoms with Gasteiger partial charge in [0, 0.05) is 0 Å². The molecule has 0 spiro atoms. The second-order valence-electron chi connectivity index (χ2n) is 4.32. The van der Waals surface area contributed by atoms with E-state index in [9.17, 15) is 4.79 Å². The van der Waals surface area contributed by atoms with Crippen LogP contribution in [0.25, 0.3) is 0 Å². The number of aromatic nitrogens is 2. The van der Waals surface area contributed by atoms with Gasteiger partial charge in [0.25, 0.3) is 5.56 Å². The molecule has 1 aromatic heterocycles. The molecule has 0 fully saturated rings. The Balaban J connectivity index is 2.20. The van der Waals surface area contributed by atoms with Gasteiger partial charge >= 0.3 is 0 Å². The molecule has 1 heterocycles. The summed E-state index contributed by atoms with van der Waals surface area (Å²) >= 11 is 12.0. The molecule has 2 aromatic rings. The van der Waals surface area contributed by atoms with Crippen molar-refractivity contribution in [2.24, 2.45) is 5.10 Å². The number of hydrogen-bond donors (Lipinski definition) is 2. The van der Waals surface area contributed by atoms with E-state index in [2.05, 4.69) is 26.6 Å². The molecular weight excluding hydrogens is 355 g/mol. The second kappa shape index (κ2) is 8.24. The number of hydrazone groups is 1. The molecule has 0 bridgehead atoms. The van der Waals surface area contributed by atoms with Gasteiger partial charge in [-0.1, -0.05) is 29.1 Å². The van der Waals surface area contributed by atoms with Crippen molar-refractivity contribution in [1.82, 2.24) is 10.2 Å². The maximum atomic E-state index is 11.3. The predicted molar refractivity (Wildman–Crippen MR) is 93.4 cm³/mol. The molecule has 1 aromatic carbocycles. The Kier molecular flexibility index (Phi) is 6.07. The van der Waals surface area contributed by atoms with Crippen LogP contribution in [0.1, 0.15) is 5.56 Å². The third-order valence-corrected chi connectivity index (χ3v) is 3.40. The lowest BCUT2D eigenvalue weighted by Gasteiger charge is -2.11. The van der Waals surface area contributed by atoms with Crippen LogP contribution in [0.5, 0.6) is 11.5 Å². The summed E-state index contributed by atoms with van der Waals surface area (Å²) in [6.45, 7) is 0.0686. The number of benzene rings is 1. The maximum Gasteiger partial charge on any atom is 0.285 e. The zero-order chi connectivity index (χ0) is 17.5. The Labute approximate surface area is 147 Å². The molecule has 0 unspecified atom stereocenters. The lowest BCUT2D eigenvalue weighted by Crippen LogP contribution is -2.10. The Morgan fingerprint density at radius 1 is 1.50 bits per heavy atom. The number of anilines is 1. The summed E-state index contributed by atoms with van der Waals surface area (Å²) in [5.41, 5.74) is 3.00. The molecule has 124 valence electrons. The normalized spacial score (nSPS) is 10.4. The molecule has 0 saturated carbocycles. The van der Waals surface area contributed by atoms with Crippen LogP contribution in [-0.2, 0) is 0 Å². The molecule has 0 amide bonds. The van der Waals surface area contributed by atoms with E-state index < -0.39 is 5.56 Å². The highest BCUT2D eigenvalue weighted by atomic mass is 35.5. The first-order valence-corrected chi connectivity index (χ1v) is 7.28. The third kappa shape index (κ3) is 4.19. The first-order valence-electron chi connectivity index (χ1n) is 6.53. The van der Waals surface area contributed by atoms with Gasteiger partial charge in [-0.05, 0) is 17.7 Å². The standard InChI is InChI=1S/C15H12Cl2N4O3/c1-3-4-24-14-10(16)5-9(6-12(14)23-2)7-18-20-11-8-19-21-15(22)13(11)17/h1,5-8H,4H2,2H3,(H2,20,21,22)/b18-7-. The zero-order valence-electron chi connectivity index (χ0n) is 12.5. The number of rotatable bonds is 6. The van der Waals surface area contributed by atoms with E-state index in [1.54, 1.807) is 12.1 Å². The topological polar surface area (TPSA) is 88.6 Å². The van der Waals surface area contributed by atoms with Crippen LogP contribution < -0.4 is 20.5 Å². The van der Waals surface area contributed by atoms with E-state index in [1.165, 1.54) is 19.5 Å². The van der Waals surface area contributed by atoms with Crippen LogP contribution in [-0.4, -0.2) is 30.1 Å². The SMILES string of the molecule is C#CCOc1c(Cl)cc(/C=N\Nc2cn[nH]c(=O)c2Cl)cc1OC. The van der Waals surface area contributed by atoms with E-state index in [0.29, 0.717) is 22.1 Å². The lowest BCUT2D eigenvalue weighted by atomic mass is 10.2. The quantitative estimate of drug-likeness (QED) is 0.465. The molecule has 0 aliphatic heterocycles. The predicted octanol–water partition coefficient (Wildman–Crippen LogP) is 2.54. The molecule has 0 radical (unpaired) electrons. The fraction of sp³-hybridized carbons (Fsp3) is 0.133. The summed E-state index contributed by atoms with van der Waals surface area (Å²) in [5.74, 6) is 3.12. The van der Waals surface area contributed by atoms with Crippen LogP contribution in [0, 0.1) is 12.3 Å². The van der Waals surface area contributed by atoms with Crippen molar-refractivity contribution in [3.8, 4) is 23.8 Å². The van der Waals surface area contributed by atoms with Gasteiger partial charge < -0.3 is 9.47 Å². The Bertz CT molecular complexity index is 859. The smallest absolute Gasteiger partial charge is 0.285 e. The van der Waals surface area contributed by atoms with Crippen LogP contribution >= 0.6 is 23.2 Å². The number of H-pyrrole nitrogens is 1. The minimum atomic E-state index is -0.517. The van der Waals surface area contributed by atoms with Gasteiger partial charge in [-0.2, -0.15) is 10.2 Å². The molecule has 9 heteroatoms. The van der Waals surface area contributed by atoms with Crippen molar-refractivity contribution in [1.29, 1.82) is 0 Å². The summed E-state index contributed by atoms with van der Waals surface area (Å²) in [4.78, 5) is 11.3. The maximum absolute atomic E-state index is 11.3. The van der Waals surface area contributed by atoms with Crippen molar-refractivity contribution < 1.29 is 9.47 Å². The molecule has 0 aliphatic carbocycles. The number of aromatic amines is 1. The lowest BCUT2D eigenvalue weighted by molar-refractivity contribution is 0.331. The minimum Gasteiger partial charge on any atom is -0.493 e. The summed E-state index contributed by atoms with van der Waals surface area (Å²) in [7, 11) is 1.48. The van der Waals surface area contributed by atoms with Crippen molar-refractivity contribution in [2.75, 3.05) is 19.1 Å². The molecule has 0 saturated heterocycles. The highest BCUT2D eigenvalue weighted by Gasteiger charge is 2.11. The fourth-order valence-corrected chi connectivity index (χ4v) is 2.11. The molecule has 2 rings (SSSR count). The van der Waals surface area contributed by atoms with Crippen molar-refractivity contribution in [3.63, 3.8) is 0 Å². The van der Waals surface area contributed by atoms with Gasteiger partial charge in [0.15, 0.2) is 11.5 Å². The molecule has 0 aliphatic rings. The highest BCUT2D eigenvalue weighted by Crippen LogP contribution is 2.36. The average Bonchev–Trinajstić information content (AvgIpc) is 2.57. The molecule has 2 N–H and O–H groups in total. The van der Waals surface area contributed by atoms with Gasteiger partial charge in [-0.25, -0.2) is 5.10 Å². The molecule has 24 heavy (non-hydrogen) atoms. The zero-order valence-corrected chi connectivity index (χ0v) is 14.0. The number of nitrogens with zero attached hydrogens (tertiary/aromatic N) is 2. The molecule has 7 nitrogen and oxygen atoms in total. The summed E-state index contributed by atoms with van der Waals surface area (Å²) < 4.78 is 10.6. The first kappa shape index (κ1) is 17.7. The summed E-state index contributed by atoms with van der Waals surface area (Å²) in [6, 6.07) is 3.29. The first-order chi connectivity index (χ1) is 11.6. The van der Waals surface area contributed by atoms with Crippen LogP contribution in [0.2, 0.25) is 10.0 Å². The number of ether oxygens (including phenoxy) is 2. The van der Waals surface area contributed by atoms with E-state index >= 15 is 0 Å². The molecule has 0 atom stereocenters. The average molecular weight is 367 g/mol. The molecular formula is C15H12Cl2N4O3. The van der Waals surface area contributed by atoms with Gasteiger partial charge in [0.2, 0.25) is 0 Å². The number of halogens is 2. The van der Waals surface area contributed by atoms with E-state index in [0.717, 1.165) is 0 Å².